The normalized spacial score (nSPS) is 16.6. The van der Waals surface area contributed by atoms with Gasteiger partial charge in [-0.15, -0.1) is 11.3 Å². The van der Waals surface area contributed by atoms with Gasteiger partial charge < -0.3 is 14.2 Å². The SMILES string of the molecule is CCCCCCCCCCOC(=O)OC[C@@H]1OCCc2ccsc21. The Balaban J connectivity index is 1.48. The zero-order chi connectivity index (χ0) is 17.0. The Morgan fingerprint density at radius 1 is 1.17 bits per heavy atom. The van der Waals surface area contributed by atoms with Gasteiger partial charge in [-0.1, -0.05) is 51.9 Å². The third-order valence-corrected chi connectivity index (χ3v) is 5.39. The quantitative estimate of drug-likeness (QED) is 0.380. The minimum Gasteiger partial charge on any atom is -0.434 e. The summed E-state index contributed by atoms with van der Waals surface area (Å²) >= 11 is 1.66. The average molecular weight is 355 g/mol. The van der Waals surface area contributed by atoms with Crippen LogP contribution in [0.2, 0.25) is 0 Å². The lowest BCUT2D eigenvalue weighted by Gasteiger charge is -2.22. The van der Waals surface area contributed by atoms with Crippen LogP contribution < -0.4 is 0 Å². The zero-order valence-corrected chi connectivity index (χ0v) is 15.6. The van der Waals surface area contributed by atoms with Gasteiger partial charge in [-0.25, -0.2) is 4.79 Å². The second-order valence-electron chi connectivity index (χ2n) is 6.30. The first kappa shape index (κ1) is 19.3. The van der Waals surface area contributed by atoms with E-state index in [2.05, 4.69) is 18.4 Å². The molecule has 24 heavy (non-hydrogen) atoms. The first-order valence-corrected chi connectivity index (χ1v) is 10.2. The molecule has 136 valence electrons. The molecule has 4 nitrogen and oxygen atoms in total. The summed E-state index contributed by atoms with van der Waals surface area (Å²) in [6.45, 7) is 3.61. The Kier molecular flexibility index (Phi) is 9.21. The molecule has 5 heteroatoms. The summed E-state index contributed by atoms with van der Waals surface area (Å²) in [6, 6.07) is 2.12. The summed E-state index contributed by atoms with van der Waals surface area (Å²) in [5.41, 5.74) is 1.31. The number of rotatable bonds is 11. The fourth-order valence-electron chi connectivity index (χ4n) is 2.92. The van der Waals surface area contributed by atoms with Crippen LogP contribution in [0.3, 0.4) is 0 Å². The first-order valence-electron chi connectivity index (χ1n) is 9.28. The van der Waals surface area contributed by atoms with Crippen LogP contribution in [0.1, 0.15) is 74.8 Å². The highest BCUT2D eigenvalue weighted by atomic mass is 32.1. The molecule has 1 aliphatic rings. The Morgan fingerprint density at radius 3 is 2.71 bits per heavy atom. The first-order chi connectivity index (χ1) is 11.8. The van der Waals surface area contributed by atoms with E-state index in [4.69, 9.17) is 14.2 Å². The van der Waals surface area contributed by atoms with Crippen LogP contribution in [0.4, 0.5) is 4.79 Å². The minimum absolute atomic E-state index is 0.135. The van der Waals surface area contributed by atoms with Gasteiger partial charge in [0.1, 0.15) is 12.7 Å². The minimum atomic E-state index is -0.578. The largest absolute Gasteiger partial charge is 0.508 e. The summed E-state index contributed by atoms with van der Waals surface area (Å²) < 4.78 is 16.0. The van der Waals surface area contributed by atoms with E-state index in [-0.39, 0.29) is 12.7 Å². The summed E-state index contributed by atoms with van der Waals surface area (Å²) in [5, 5.41) is 2.06. The maximum atomic E-state index is 11.6. The number of fused-ring (bicyclic) bond motifs is 1. The van der Waals surface area contributed by atoms with Crippen molar-refractivity contribution >= 4 is 17.5 Å². The van der Waals surface area contributed by atoms with Crippen LogP contribution in [0.15, 0.2) is 11.4 Å². The summed E-state index contributed by atoms with van der Waals surface area (Å²) in [4.78, 5) is 12.8. The smallest absolute Gasteiger partial charge is 0.434 e. The van der Waals surface area contributed by atoms with Gasteiger partial charge in [0.05, 0.1) is 13.2 Å². The molecule has 1 atom stereocenters. The molecular formula is C19H30O4S. The molecule has 0 aliphatic carbocycles. The van der Waals surface area contributed by atoms with Crippen molar-refractivity contribution in [2.45, 2.75) is 70.8 Å². The molecule has 0 fully saturated rings. The second kappa shape index (κ2) is 11.5. The number of hydrogen-bond acceptors (Lipinski definition) is 5. The molecule has 0 aromatic carbocycles. The molecule has 0 saturated carbocycles. The number of unbranched alkanes of at least 4 members (excludes halogenated alkanes) is 7. The molecule has 0 N–H and O–H groups in total. The lowest BCUT2D eigenvalue weighted by atomic mass is 10.1. The van der Waals surface area contributed by atoms with E-state index >= 15 is 0 Å². The van der Waals surface area contributed by atoms with Crippen molar-refractivity contribution in [2.24, 2.45) is 0 Å². The molecule has 0 bridgehead atoms. The van der Waals surface area contributed by atoms with Crippen LogP contribution in [-0.2, 0) is 20.6 Å². The molecule has 0 amide bonds. The zero-order valence-electron chi connectivity index (χ0n) is 14.8. The van der Waals surface area contributed by atoms with Gasteiger partial charge in [0, 0.05) is 4.88 Å². The van der Waals surface area contributed by atoms with Crippen molar-refractivity contribution in [1.82, 2.24) is 0 Å². The number of carbonyl (C=O) groups is 1. The maximum absolute atomic E-state index is 11.6. The van der Waals surface area contributed by atoms with Gasteiger partial charge in [0.2, 0.25) is 0 Å². The van der Waals surface area contributed by atoms with Gasteiger partial charge in [-0.05, 0) is 29.9 Å². The summed E-state index contributed by atoms with van der Waals surface area (Å²) in [7, 11) is 0. The third kappa shape index (κ3) is 6.81. The summed E-state index contributed by atoms with van der Waals surface area (Å²) in [6.07, 6.45) is 10.1. The van der Waals surface area contributed by atoms with Crippen LogP contribution in [0.25, 0.3) is 0 Å². The molecule has 1 aliphatic heterocycles. The highest BCUT2D eigenvalue weighted by Gasteiger charge is 2.23. The van der Waals surface area contributed by atoms with Crippen LogP contribution in [-0.4, -0.2) is 26.0 Å². The van der Waals surface area contributed by atoms with Crippen molar-refractivity contribution in [3.05, 3.63) is 21.9 Å². The molecule has 0 saturated heterocycles. The fourth-order valence-corrected chi connectivity index (χ4v) is 3.91. The fraction of sp³-hybridized carbons (Fsp3) is 0.737. The Hall–Kier alpha value is -1.07. The molecule has 1 aromatic heterocycles. The van der Waals surface area contributed by atoms with Crippen molar-refractivity contribution in [3.63, 3.8) is 0 Å². The Labute approximate surface area is 149 Å². The van der Waals surface area contributed by atoms with Crippen molar-refractivity contribution in [2.75, 3.05) is 19.8 Å². The van der Waals surface area contributed by atoms with Crippen molar-refractivity contribution in [3.8, 4) is 0 Å². The van der Waals surface area contributed by atoms with Crippen molar-refractivity contribution < 1.29 is 19.0 Å². The van der Waals surface area contributed by atoms with Gasteiger partial charge in [0.15, 0.2) is 0 Å². The van der Waals surface area contributed by atoms with Crippen LogP contribution in [0, 0.1) is 0 Å². The third-order valence-electron chi connectivity index (χ3n) is 4.33. The maximum Gasteiger partial charge on any atom is 0.508 e. The Morgan fingerprint density at radius 2 is 1.92 bits per heavy atom. The monoisotopic (exact) mass is 354 g/mol. The summed E-state index contributed by atoms with van der Waals surface area (Å²) in [5.74, 6) is 0. The average Bonchev–Trinajstić information content (AvgIpc) is 3.07. The number of hydrogen-bond donors (Lipinski definition) is 0. The molecule has 0 unspecified atom stereocenters. The van der Waals surface area contributed by atoms with E-state index in [0.29, 0.717) is 13.2 Å². The van der Waals surface area contributed by atoms with E-state index in [1.807, 2.05) is 0 Å². The van der Waals surface area contributed by atoms with E-state index < -0.39 is 6.16 Å². The topological polar surface area (TPSA) is 44.8 Å². The lowest BCUT2D eigenvalue weighted by molar-refractivity contribution is -0.0219. The predicted octanol–water partition coefficient (Wildman–Crippen LogP) is 5.66. The van der Waals surface area contributed by atoms with Crippen LogP contribution >= 0.6 is 11.3 Å². The molecule has 0 radical (unpaired) electrons. The Bertz CT molecular complexity index is 472. The molecule has 1 aromatic rings. The highest BCUT2D eigenvalue weighted by molar-refractivity contribution is 7.10. The lowest BCUT2D eigenvalue weighted by Crippen LogP contribution is -2.21. The standard InChI is InChI=1S/C19H30O4S/c1-2-3-4-5-6-7-8-9-12-22-19(20)23-15-17-18-16(10-13-21-17)11-14-24-18/h11,14,17H,2-10,12-13,15H2,1H3/t17-/m0/s1. The molecule has 0 spiro atoms. The van der Waals surface area contributed by atoms with Crippen molar-refractivity contribution in [1.29, 1.82) is 0 Å². The highest BCUT2D eigenvalue weighted by Crippen LogP contribution is 2.31. The number of thiophene rings is 1. The van der Waals surface area contributed by atoms with Gasteiger partial charge in [-0.2, -0.15) is 0 Å². The van der Waals surface area contributed by atoms with Gasteiger partial charge in [-0.3, -0.25) is 0 Å². The second-order valence-corrected chi connectivity index (χ2v) is 7.25. The van der Waals surface area contributed by atoms with Gasteiger partial charge >= 0.3 is 6.16 Å². The predicted molar refractivity (Wildman–Crippen MR) is 96.6 cm³/mol. The molecule has 2 heterocycles. The number of ether oxygens (including phenoxy) is 3. The van der Waals surface area contributed by atoms with E-state index in [1.165, 1.54) is 49.0 Å². The van der Waals surface area contributed by atoms with E-state index in [1.54, 1.807) is 11.3 Å². The van der Waals surface area contributed by atoms with Crippen LogP contribution in [0.5, 0.6) is 0 Å². The molecular weight excluding hydrogens is 324 g/mol. The van der Waals surface area contributed by atoms with Gasteiger partial charge in [0.25, 0.3) is 0 Å². The number of carbonyl (C=O) groups excluding carboxylic acids is 1. The molecule has 2 rings (SSSR count). The van der Waals surface area contributed by atoms with E-state index in [0.717, 1.165) is 19.3 Å². The van der Waals surface area contributed by atoms with E-state index in [9.17, 15) is 4.79 Å².